The summed E-state index contributed by atoms with van der Waals surface area (Å²) in [6.45, 7) is 4.35. The Kier molecular flexibility index (Phi) is 3.44. The van der Waals surface area contributed by atoms with Gasteiger partial charge in [-0.25, -0.2) is 4.98 Å². The highest BCUT2D eigenvalue weighted by molar-refractivity contribution is 5.83. The Morgan fingerprint density at radius 2 is 1.95 bits per heavy atom. The number of hydrogen-bond donors (Lipinski definition) is 0. The van der Waals surface area contributed by atoms with Crippen molar-refractivity contribution in [2.45, 2.75) is 6.92 Å². The molecule has 2 aromatic rings. The summed E-state index contributed by atoms with van der Waals surface area (Å²) in [5, 5.41) is 10.3. The van der Waals surface area contributed by atoms with Gasteiger partial charge in [-0.15, -0.1) is 0 Å². The number of para-hydroxylation sites is 1. The molecule has 1 aliphatic heterocycles. The monoisotopic (exact) mass is 280 g/mol. The standard InChI is InChI=1S/C16H16N4O/c1-12(21)19-6-8-20(9-7-19)16-14(11-17)10-13-4-2-3-5-15(13)18-16/h2-5,10H,6-9H2,1H3. The Hall–Kier alpha value is -2.61. The van der Waals surface area contributed by atoms with Gasteiger partial charge in [-0.2, -0.15) is 5.26 Å². The van der Waals surface area contributed by atoms with Gasteiger partial charge in [0.15, 0.2) is 0 Å². The quantitative estimate of drug-likeness (QED) is 0.799. The van der Waals surface area contributed by atoms with Crippen LogP contribution in [0.1, 0.15) is 12.5 Å². The number of benzene rings is 1. The van der Waals surface area contributed by atoms with E-state index in [4.69, 9.17) is 0 Å². The van der Waals surface area contributed by atoms with E-state index in [2.05, 4.69) is 16.0 Å². The molecule has 1 fully saturated rings. The molecule has 21 heavy (non-hydrogen) atoms. The van der Waals surface area contributed by atoms with E-state index in [0.29, 0.717) is 31.7 Å². The highest BCUT2D eigenvalue weighted by Crippen LogP contribution is 2.24. The molecule has 1 aliphatic rings. The number of amides is 1. The summed E-state index contributed by atoms with van der Waals surface area (Å²) in [4.78, 5) is 19.9. The molecule has 0 spiro atoms. The Morgan fingerprint density at radius 1 is 1.24 bits per heavy atom. The van der Waals surface area contributed by atoms with Crippen molar-refractivity contribution in [1.82, 2.24) is 9.88 Å². The van der Waals surface area contributed by atoms with Crippen molar-refractivity contribution in [3.05, 3.63) is 35.9 Å². The number of rotatable bonds is 1. The first kappa shape index (κ1) is 13.4. The van der Waals surface area contributed by atoms with Crippen LogP contribution >= 0.6 is 0 Å². The highest BCUT2D eigenvalue weighted by Gasteiger charge is 2.22. The number of hydrogen-bond acceptors (Lipinski definition) is 4. The lowest BCUT2D eigenvalue weighted by Crippen LogP contribution is -2.48. The molecular formula is C16H16N4O. The van der Waals surface area contributed by atoms with Crippen LogP contribution in [0.5, 0.6) is 0 Å². The van der Waals surface area contributed by atoms with Crippen LogP contribution in [-0.2, 0) is 4.79 Å². The third-order valence-corrected chi connectivity index (χ3v) is 3.85. The van der Waals surface area contributed by atoms with Gasteiger partial charge < -0.3 is 9.80 Å². The molecule has 2 heterocycles. The van der Waals surface area contributed by atoms with Gasteiger partial charge in [-0.3, -0.25) is 4.79 Å². The molecular weight excluding hydrogens is 264 g/mol. The Balaban J connectivity index is 1.93. The van der Waals surface area contributed by atoms with Crippen LogP contribution in [0.2, 0.25) is 0 Å². The van der Waals surface area contributed by atoms with Gasteiger partial charge in [-0.05, 0) is 12.1 Å². The van der Waals surface area contributed by atoms with Crippen molar-refractivity contribution in [2.24, 2.45) is 0 Å². The van der Waals surface area contributed by atoms with Crippen LogP contribution in [0.15, 0.2) is 30.3 Å². The number of fused-ring (bicyclic) bond motifs is 1. The summed E-state index contributed by atoms with van der Waals surface area (Å²) in [5.74, 6) is 0.820. The number of nitrogens with zero attached hydrogens (tertiary/aromatic N) is 4. The Morgan fingerprint density at radius 3 is 2.62 bits per heavy atom. The molecule has 3 rings (SSSR count). The van der Waals surface area contributed by atoms with Gasteiger partial charge in [0, 0.05) is 38.5 Å². The second kappa shape index (κ2) is 5.41. The Labute approximate surface area is 123 Å². The maximum atomic E-state index is 11.4. The van der Waals surface area contributed by atoms with Crippen molar-refractivity contribution in [3.63, 3.8) is 0 Å². The van der Waals surface area contributed by atoms with Crippen LogP contribution in [-0.4, -0.2) is 42.0 Å². The zero-order valence-electron chi connectivity index (χ0n) is 11.9. The topological polar surface area (TPSA) is 60.2 Å². The van der Waals surface area contributed by atoms with E-state index in [1.807, 2.05) is 35.2 Å². The van der Waals surface area contributed by atoms with E-state index in [-0.39, 0.29) is 5.91 Å². The molecule has 106 valence electrons. The lowest BCUT2D eigenvalue weighted by molar-refractivity contribution is -0.129. The van der Waals surface area contributed by atoms with Gasteiger partial charge in [0.1, 0.15) is 11.9 Å². The molecule has 5 nitrogen and oxygen atoms in total. The van der Waals surface area contributed by atoms with Crippen molar-refractivity contribution in [1.29, 1.82) is 5.26 Å². The second-order valence-electron chi connectivity index (χ2n) is 5.16. The fourth-order valence-electron chi connectivity index (χ4n) is 2.66. The summed E-state index contributed by atoms with van der Waals surface area (Å²) in [6.07, 6.45) is 0. The lowest BCUT2D eigenvalue weighted by atomic mass is 10.1. The van der Waals surface area contributed by atoms with Crippen LogP contribution in [0, 0.1) is 11.3 Å². The number of nitriles is 1. The predicted molar refractivity (Wildman–Crippen MR) is 80.9 cm³/mol. The molecule has 0 atom stereocenters. The average Bonchev–Trinajstić information content (AvgIpc) is 2.53. The minimum Gasteiger partial charge on any atom is -0.352 e. The Bertz CT molecular complexity index is 727. The summed E-state index contributed by atoms with van der Waals surface area (Å²) in [6, 6.07) is 11.9. The van der Waals surface area contributed by atoms with E-state index < -0.39 is 0 Å². The first-order valence-corrected chi connectivity index (χ1v) is 6.99. The third kappa shape index (κ3) is 2.52. The predicted octanol–water partition coefficient (Wildman–Crippen LogP) is 1.77. The first-order valence-electron chi connectivity index (χ1n) is 6.99. The molecule has 0 radical (unpaired) electrons. The van der Waals surface area contributed by atoms with E-state index in [1.165, 1.54) is 0 Å². The van der Waals surface area contributed by atoms with E-state index >= 15 is 0 Å². The maximum Gasteiger partial charge on any atom is 0.219 e. The zero-order valence-corrected chi connectivity index (χ0v) is 11.9. The molecule has 0 N–H and O–H groups in total. The number of pyridine rings is 1. The van der Waals surface area contributed by atoms with Gasteiger partial charge in [-0.1, -0.05) is 18.2 Å². The molecule has 0 saturated carbocycles. The van der Waals surface area contributed by atoms with Crippen LogP contribution in [0.3, 0.4) is 0 Å². The van der Waals surface area contributed by atoms with Crippen molar-refractivity contribution >= 4 is 22.6 Å². The molecule has 1 aromatic heterocycles. The fraction of sp³-hybridized carbons (Fsp3) is 0.312. The van der Waals surface area contributed by atoms with Gasteiger partial charge in [0.25, 0.3) is 0 Å². The SMILES string of the molecule is CC(=O)N1CCN(c2nc3ccccc3cc2C#N)CC1. The van der Waals surface area contributed by atoms with Crippen molar-refractivity contribution < 1.29 is 4.79 Å². The molecule has 1 aromatic carbocycles. The molecule has 0 aliphatic carbocycles. The maximum absolute atomic E-state index is 11.4. The summed E-state index contributed by atoms with van der Waals surface area (Å²) in [5.41, 5.74) is 1.48. The van der Waals surface area contributed by atoms with E-state index in [0.717, 1.165) is 16.7 Å². The number of aromatic nitrogens is 1. The summed E-state index contributed by atoms with van der Waals surface area (Å²) >= 11 is 0. The molecule has 0 unspecified atom stereocenters. The molecule has 1 saturated heterocycles. The van der Waals surface area contributed by atoms with Crippen LogP contribution < -0.4 is 4.90 Å². The number of carbonyl (C=O) groups is 1. The number of anilines is 1. The number of carbonyl (C=O) groups excluding carboxylic acids is 1. The van der Waals surface area contributed by atoms with Crippen LogP contribution in [0.4, 0.5) is 5.82 Å². The zero-order chi connectivity index (χ0) is 14.8. The first-order chi connectivity index (χ1) is 10.2. The second-order valence-corrected chi connectivity index (χ2v) is 5.16. The fourth-order valence-corrected chi connectivity index (χ4v) is 2.66. The van der Waals surface area contributed by atoms with Gasteiger partial charge in [0.05, 0.1) is 11.1 Å². The lowest BCUT2D eigenvalue weighted by Gasteiger charge is -2.35. The van der Waals surface area contributed by atoms with E-state index in [9.17, 15) is 10.1 Å². The summed E-state index contributed by atoms with van der Waals surface area (Å²) in [7, 11) is 0. The molecule has 0 bridgehead atoms. The smallest absolute Gasteiger partial charge is 0.219 e. The molecule has 1 amide bonds. The minimum atomic E-state index is 0.0987. The van der Waals surface area contributed by atoms with Gasteiger partial charge >= 0.3 is 0 Å². The van der Waals surface area contributed by atoms with Gasteiger partial charge in [0.2, 0.25) is 5.91 Å². The normalized spacial score (nSPS) is 15.0. The third-order valence-electron chi connectivity index (χ3n) is 3.85. The number of piperazine rings is 1. The van der Waals surface area contributed by atoms with E-state index in [1.54, 1.807) is 6.92 Å². The van der Waals surface area contributed by atoms with Crippen LogP contribution in [0.25, 0.3) is 10.9 Å². The average molecular weight is 280 g/mol. The van der Waals surface area contributed by atoms with Crippen molar-refractivity contribution in [2.75, 3.05) is 31.1 Å². The molecule has 5 heteroatoms. The highest BCUT2D eigenvalue weighted by atomic mass is 16.2. The largest absolute Gasteiger partial charge is 0.352 e. The summed E-state index contributed by atoms with van der Waals surface area (Å²) < 4.78 is 0. The van der Waals surface area contributed by atoms with Crippen molar-refractivity contribution in [3.8, 4) is 6.07 Å². The minimum absolute atomic E-state index is 0.0987.